The van der Waals surface area contributed by atoms with Crippen molar-refractivity contribution in [3.05, 3.63) is 35.4 Å². The van der Waals surface area contributed by atoms with E-state index in [-0.39, 0.29) is 11.8 Å². The van der Waals surface area contributed by atoms with Crippen LogP contribution in [0.2, 0.25) is 0 Å². The molecule has 3 N–H and O–H groups in total. The molecular formula is C16H28N4O2S2. The van der Waals surface area contributed by atoms with E-state index in [2.05, 4.69) is 26.6 Å². The predicted molar refractivity (Wildman–Crippen MR) is 104 cm³/mol. The summed E-state index contributed by atoms with van der Waals surface area (Å²) in [5.41, 5.74) is 1.73. The van der Waals surface area contributed by atoms with Crippen molar-refractivity contribution in [2.75, 3.05) is 25.6 Å². The monoisotopic (exact) mass is 372 g/mol. The third-order valence-corrected chi connectivity index (χ3v) is 5.28. The lowest BCUT2D eigenvalue weighted by atomic mass is 10.1. The molecule has 136 valence electrons. The van der Waals surface area contributed by atoms with Crippen LogP contribution in [0.4, 0.5) is 0 Å². The summed E-state index contributed by atoms with van der Waals surface area (Å²) in [5, 5.41) is 6.45. The van der Waals surface area contributed by atoms with Crippen molar-refractivity contribution in [1.29, 1.82) is 0 Å². The zero-order chi connectivity index (χ0) is 18.0. The highest BCUT2D eigenvalue weighted by Gasteiger charge is 2.15. The van der Waals surface area contributed by atoms with Crippen LogP contribution < -0.4 is 15.4 Å². The molecule has 1 aromatic rings. The first-order valence-corrected chi connectivity index (χ1v) is 10.9. The average Bonchev–Trinajstić information content (AvgIpc) is 2.50. The second kappa shape index (κ2) is 10.6. The summed E-state index contributed by atoms with van der Waals surface area (Å²) in [5.74, 6) is 1.68. The lowest BCUT2D eigenvalue weighted by Gasteiger charge is -2.15. The van der Waals surface area contributed by atoms with E-state index in [9.17, 15) is 8.42 Å². The summed E-state index contributed by atoms with van der Waals surface area (Å²) < 4.78 is 26.9. The predicted octanol–water partition coefficient (Wildman–Crippen LogP) is 1.54. The molecule has 1 rings (SSSR count). The first kappa shape index (κ1) is 20.8. The number of aliphatic imine (C=N–C) groups is 1. The van der Waals surface area contributed by atoms with E-state index >= 15 is 0 Å². The third-order valence-electron chi connectivity index (χ3n) is 3.15. The molecule has 24 heavy (non-hydrogen) atoms. The van der Waals surface area contributed by atoms with Crippen molar-refractivity contribution in [3.8, 4) is 0 Å². The van der Waals surface area contributed by atoms with Crippen LogP contribution in [0, 0.1) is 0 Å². The van der Waals surface area contributed by atoms with Gasteiger partial charge < -0.3 is 10.6 Å². The van der Waals surface area contributed by atoms with E-state index in [1.807, 2.05) is 38.1 Å². The van der Waals surface area contributed by atoms with Crippen molar-refractivity contribution in [2.45, 2.75) is 32.2 Å². The maximum Gasteiger partial charge on any atom is 0.216 e. The van der Waals surface area contributed by atoms with Crippen LogP contribution in [-0.2, 0) is 22.3 Å². The van der Waals surface area contributed by atoms with Gasteiger partial charge in [-0.2, -0.15) is 11.8 Å². The van der Waals surface area contributed by atoms with E-state index in [1.165, 1.54) is 0 Å². The zero-order valence-electron chi connectivity index (χ0n) is 14.8. The summed E-state index contributed by atoms with van der Waals surface area (Å²) in [6, 6.07) is 7.44. The van der Waals surface area contributed by atoms with Crippen molar-refractivity contribution < 1.29 is 8.42 Å². The van der Waals surface area contributed by atoms with Gasteiger partial charge in [-0.1, -0.05) is 24.3 Å². The van der Waals surface area contributed by atoms with Crippen LogP contribution in [0.25, 0.3) is 0 Å². The summed E-state index contributed by atoms with van der Waals surface area (Å²) in [4.78, 5) is 4.17. The number of hydrogen-bond acceptors (Lipinski definition) is 4. The maximum absolute atomic E-state index is 12.2. The fourth-order valence-corrected chi connectivity index (χ4v) is 3.95. The largest absolute Gasteiger partial charge is 0.356 e. The molecular weight excluding hydrogens is 344 g/mol. The summed E-state index contributed by atoms with van der Waals surface area (Å²) in [6.45, 7) is 4.98. The number of nitrogens with one attached hydrogen (secondary N) is 3. The normalized spacial score (nSPS) is 12.5. The lowest BCUT2D eigenvalue weighted by Crippen LogP contribution is -2.38. The van der Waals surface area contributed by atoms with Gasteiger partial charge in [0.25, 0.3) is 0 Å². The Kier molecular flexibility index (Phi) is 9.17. The Morgan fingerprint density at radius 3 is 2.46 bits per heavy atom. The molecule has 0 atom stereocenters. The van der Waals surface area contributed by atoms with Crippen LogP contribution >= 0.6 is 11.8 Å². The minimum absolute atomic E-state index is 0.0263. The minimum Gasteiger partial charge on any atom is -0.356 e. The van der Waals surface area contributed by atoms with Crippen LogP contribution in [0.3, 0.4) is 0 Å². The van der Waals surface area contributed by atoms with Crippen molar-refractivity contribution in [2.24, 2.45) is 4.99 Å². The molecule has 0 aliphatic heterocycles. The molecule has 0 spiro atoms. The highest BCUT2D eigenvalue weighted by molar-refractivity contribution is 7.98. The molecule has 0 fully saturated rings. The zero-order valence-corrected chi connectivity index (χ0v) is 16.4. The van der Waals surface area contributed by atoms with Crippen LogP contribution in [0.15, 0.2) is 29.3 Å². The highest BCUT2D eigenvalue weighted by Crippen LogP contribution is 2.12. The summed E-state index contributed by atoms with van der Waals surface area (Å²) in [6.07, 6.45) is 2.06. The molecule has 8 heteroatoms. The third kappa shape index (κ3) is 8.03. The second-order valence-corrected chi connectivity index (χ2v) is 8.39. The Hall–Kier alpha value is -1.25. The molecule has 0 bridgehead atoms. The van der Waals surface area contributed by atoms with Gasteiger partial charge in [0.05, 0.1) is 5.75 Å². The first-order valence-electron chi connectivity index (χ1n) is 7.88. The number of benzene rings is 1. The van der Waals surface area contributed by atoms with Crippen molar-refractivity contribution >= 4 is 27.7 Å². The Labute approximate surface area is 150 Å². The van der Waals surface area contributed by atoms with E-state index in [4.69, 9.17) is 0 Å². The number of guanidine groups is 1. The second-order valence-electron chi connectivity index (χ2n) is 5.65. The Morgan fingerprint density at radius 1 is 1.21 bits per heavy atom. The number of sulfonamides is 1. The van der Waals surface area contributed by atoms with Gasteiger partial charge in [-0.3, -0.25) is 4.99 Å². The quantitative estimate of drug-likeness (QED) is 0.348. The fraction of sp³-hybridized carbons (Fsp3) is 0.562. The van der Waals surface area contributed by atoms with Gasteiger partial charge in [0.2, 0.25) is 10.0 Å². The number of thioether (sulfide) groups is 1. The first-order chi connectivity index (χ1) is 11.4. The highest BCUT2D eigenvalue weighted by atomic mass is 32.2. The van der Waals surface area contributed by atoms with Crippen molar-refractivity contribution in [1.82, 2.24) is 15.4 Å². The maximum atomic E-state index is 12.2. The molecule has 0 aromatic heterocycles. The Bertz CT molecular complexity index is 631. The van der Waals surface area contributed by atoms with Gasteiger partial charge in [-0.25, -0.2) is 13.1 Å². The number of rotatable bonds is 9. The Balaban J connectivity index is 2.73. The van der Waals surface area contributed by atoms with Gasteiger partial charge in [0.15, 0.2) is 5.96 Å². The van der Waals surface area contributed by atoms with E-state index < -0.39 is 10.0 Å². The standard InChI is InChI=1S/C16H28N4O2S2/c1-13(2)20-24(21,22)12-15-8-6-5-7-14(15)11-19-16(17-3)18-9-10-23-4/h5-8,13,20H,9-12H2,1-4H3,(H2,17,18,19). The molecule has 0 unspecified atom stereocenters. The minimum atomic E-state index is -3.34. The van der Waals surface area contributed by atoms with Crippen LogP contribution in [-0.4, -0.2) is 46.0 Å². The summed E-state index contributed by atoms with van der Waals surface area (Å²) >= 11 is 1.76. The molecule has 0 heterocycles. The van der Waals surface area contributed by atoms with Crippen LogP contribution in [0.1, 0.15) is 25.0 Å². The molecule has 0 radical (unpaired) electrons. The van der Waals surface area contributed by atoms with E-state index in [0.717, 1.165) is 23.4 Å². The molecule has 0 aliphatic carbocycles. The van der Waals surface area contributed by atoms with Gasteiger partial charge in [-0.15, -0.1) is 0 Å². The number of nitrogens with zero attached hydrogens (tertiary/aromatic N) is 1. The smallest absolute Gasteiger partial charge is 0.216 e. The van der Waals surface area contributed by atoms with Gasteiger partial charge in [0.1, 0.15) is 0 Å². The summed E-state index contributed by atoms with van der Waals surface area (Å²) in [7, 11) is -1.62. The van der Waals surface area contributed by atoms with E-state index in [1.54, 1.807) is 18.8 Å². The topological polar surface area (TPSA) is 82.6 Å². The SMILES string of the molecule is CN=C(NCCSC)NCc1ccccc1CS(=O)(=O)NC(C)C. The molecule has 0 aliphatic rings. The van der Waals surface area contributed by atoms with E-state index in [0.29, 0.717) is 12.5 Å². The molecule has 0 saturated carbocycles. The van der Waals surface area contributed by atoms with Gasteiger partial charge >= 0.3 is 0 Å². The average molecular weight is 373 g/mol. The Morgan fingerprint density at radius 2 is 1.88 bits per heavy atom. The van der Waals surface area contributed by atoms with Gasteiger partial charge in [-0.05, 0) is 31.2 Å². The molecule has 6 nitrogen and oxygen atoms in total. The molecule has 0 amide bonds. The van der Waals surface area contributed by atoms with Gasteiger partial charge in [0, 0.05) is 31.9 Å². The fourth-order valence-electron chi connectivity index (χ4n) is 2.15. The molecule has 1 aromatic carbocycles. The molecule has 0 saturated heterocycles. The van der Waals surface area contributed by atoms with Crippen LogP contribution in [0.5, 0.6) is 0 Å². The number of hydrogen-bond donors (Lipinski definition) is 3. The van der Waals surface area contributed by atoms with Crippen molar-refractivity contribution in [3.63, 3.8) is 0 Å². The lowest BCUT2D eigenvalue weighted by molar-refractivity contribution is 0.568.